The van der Waals surface area contributed by atoms with Crippen molar-refractivity contribution < 1.29 is 19.1 Å². The molecule has 1 aliphatic heterocycles. The highest BCUT2D eigenvalue weighted by Crippen LogP contribution is 2.31. The third-order valence-electron chi connectivity index (χ3n) is 4.77. The summed E-state index contributed by atoms with van der Waals surface area (Å²) in [4.78, 5) is 38.9. The Morgan fingerprint density at radius 1 is 0.909 bits per heavy atom. The Labute approximate surface area is 204 Å². The molecule has 0 aromatic heterocycles. The Hall–Kier alpha value is -3.32. The Morgan fingerprint density at radius 2 is 1.64 bits per heavy atom. The van der Waals surface area contributed by atoms with Gasteiger partial charge in [-0.25, -0.2) is 9.69 Å². The molecule has 1 aliphatic rings. The van der Waals surface area contributed by atoms with Gasteiger partial charge in [0.15, 0.2) is 0 Å². The molecule has 0 saturated carbocycles. The van der Waals surface area contributed by atoms with E-state index in [-0.39, 0.29) is 27.1 Å². The zero-order valence-electron chi connectivity index (χ0n) is 17.1. The average Bonchev–Trinajstić information content (AvgIpc) is 2.99. The fourth-order valence-corrected chi connectivity index (χ4v) is 3.82. The molecule has 166 valence electrons. The highest BCUT2D eigenvalue weighted by atomic mass is 35.5. The zero-order valence-corrected chi connectivity index (χ0v) is 19.3. The number of hydrogen-bond acceptors (Lipinski definition) is 5. The standard InChI is InChI=1S/C24H15Cl3N2O4/c1-13-3-2-4-17(11-13)29-22(30)20(27)21(23(29)31)28-16-8-5-14(6-9-16)24(32)33-19-10-7-15(25)12-18(19)26/h2-12,28H,1H3. The van der Waals surface area contributed by atoms with E-state index in [4.69, 9.17) is 39.5 Å². The van der Waals surface area contributed by atoms with Crippen molar-refractivity contribution in [2.45, 2.75) is 6.92 Å². The van der Waals surface area contributed by atoms with Crippen LogP contribution >= 0.6 is 34.8 Å². The first kappa shape index (κ1) is 22.9. The number of esters is 1. The Balaban J connectivity index is 1.49. The maximum atomic E-state index is 12.9. The topological polar surface area (TPSA) is 75.7 Å². The number of imide groups is 1. The monoisotopic (exact) mass is 500 g/mol. The van der Waals surface area contributed by atoms with Gasteiger partial charge in [0.05, 0.1) is 16.3 Å². The molecule has 2 amide bonds. The Bertz CT molecular complexity index is 1320. The maximum Gasteiger partial charge on any atom is 0.343 e. The van der Waals surface area contributed by atoms with Gasteiger partial charge in [-0.1, -0.05) is 46.9 Å². The average molecular weight is 502 g/mol. The van der Waals surface area contributed by atoms with Crippen molar-refractivity contribution >= 4 is 64.0 Å². The third kappa shape index (κ3) is 4.73. The molecule has 0 aliphatic carbocycles. The predicted octanol–water partition coefficient (Wildman–Crippen LogP) is 5.96. The van der Waals surface area contributed by atoms with Gasteiger partial charge in [0.2, 0.25) is 0 Å². The number of aryl methyl sites for hydroxylation is 1. The molecule has 0 fully saturated rings. The van der Waals surface area contributed by atoms with E-state index in [1.807, 2.05) is 13.0 Å². The summed E-state index contributed by atoms with van der Waals surface area (Å²) >= 11 is 18.0. The first-order valence-electron chi connectivity index (χ1n) is 9.64. The molecule has 0 radical (unpaired) electrons. The minimum absolute atomic E-state index is 0.0496. The number of benzene rings is 3. The molecule has 33 heavy (non-hydrogen) atoms. The van der Waals surface area contributed by atoms with Crippen LogP contribution in [0.25, 0.3) is 0 Å². The van der Waals surface area contributed by atoms with Crippen molar-refractivity contribution in [2.75, 3.05) is 10.2 Å². The van der Waals surface area contributed by atoms with Crippen molar-refractivity contribution in [2.24, 2.45) is 0 Å². The first-order chi connectivity index (χ1) is 15.7. The number of hydrogen-bond donors (Lipinski definition) is 1. The van der Waals surface area contributed by atoms with E-state index >= 15 is 0 Å². The van der Waals surface area contributed by atoms with Gasteiger partial charge < -0.3 is 10.1 Å². The van der Waals surface area contributed by atoms with Crippen LogP contribution in [-0.4, -0.2) is 17.8 Å². The van der Waals surface area contributed by atoms with Crippen LogP contribution in [-0.2, 0) is 9.59 Å². The van der Waals surface area contributed by atoms with E-state index in [9.17, 15) is 14.4 Å². The molecule has 1 N–H and O–H groups in total. The number of carbonyl (C=O) groups excluding carboxylic acids is 3. The molecular weight excluding hydrogens is 487 g/mol. The Kier molecular flexibility index (Phi) is 6.42. The summed E-state index contributed by atoms with van der Waals surface area (Å²) in [6, 6.07) is 17.6. The van der Waals surface area contributed by atoms with Crippen LogP contribution in [0.2, 0.25) is 10.0 Å². The van der Waals surface area contributed by atoms with E-state index in [2.05, 4.69) is 5.32 Å². The molecule has 0 bridgehead atoms. The number of anilines is 2. The second kappa shape index (κ2) is 9.27. The van der Waals surface area contributed by atoms with Crippen molar-refractivity contribution in [3.8, 4) is 5.75 Å². The van der Waals surface area contributed by atoms with Crippen molar-refractivity contribution in [3.05, 3.63) is 98.6 Å². The second-order valence-corrected chi connectivity index (χ2v) is 8.36. The normalized spacial score (nSPS) is 13.5. The predicted molar refractivity (Wildman–Crippen MR) is 128 cm³/mol. The molecule has 0 atom stereocenters. The first-order valence-corrected chi connectivity index (χ1v) is 10.8. The van der Waals surface area contributed by atoms with Gasteiger partial charge in [0.25, 0.3) is 11.8 Å². The van der Waals surface area contributed by atoms with E-state index in [0.29, 0.717) is 16.4 Å². The molecule has 9 heteroatoms. The van der Waals surface area contributed by atoms with Crippen LogP contribution in [0.4, 0.5) is 11.4 Å². The summed E-state index contributed by atoms with van der Waals surface area (Å²) < 4.78 is 5.29. The van der Waals surface area contributed by atoms with Gasteiger partial charge in [-0.15, -0.1) is 0 Å². The highest BCUT2D eigenvalue weighted by Gasteiger charge is 2.39. The quantitative estimate of drug-likeness (QED) is 0.265. The zero-order chi connectivity index (χ0) is 23.7. The molecule has 4 rings (SSSR count). The number of rotatable bonds is 5. The summed E-state index contributed by atoms with van der Waals surface area (Å²) in [5, 5.41) is 3.27. The fourth-order valence-electron chi connectivity index (χ4n) is 3.16. The molecule has 6 nitrogen and oxygen atoms in total. The lowest BCUT2D eigenvalue weighted by atomic mass is 10.2. The maximum absolute atomic E-state index is 12.9. The third-order valence-corrected chi connectivity index (χ3v) is 5.65. The Morgan fingerprint density at radius 3 is 2.30 bits per heavy atom. The minimum atomic E-state index is -0.624. The van der Waals surface area contributed by atoms with Gasteiger partial charge in [-0.05, 0) is 67.1 Å². The van der Waals surface area contributed by atoms with Crippen molar-refractivity contribution in [1.29, 1.82) is 0 Å². The summed E-state index contributed by atoms with van der Waals surface area (Å²) in [5.74, 6) is -1.64. The summed E-state index contributed by atoms with van der Waals surface area (Å²) in [7, 11) is 0. The minimum Gasteiger partial charge on any atom is -0.421 e. The van der Waals surface area contributed by atoms with Gasteiger partial charge in [-0.2, -0.15) is 0 Å². The summed E-state index contributed by atoms with van der Waals surface area (Å²) in [5.41, 5.74) is 1.98. The number of nitrogens with zero attached hydrogens (tertiary/aromatic N) is 1. The van der Waals surface area contributed by atoms with Gasteiger partial charge >= 0.3 is 5.97 Å². The molecule has 0 unspecified atom stereocenters. The van der Waals surface area contributed by atoms with Crippen LogP contribution in [0.3, 0.4) is 0 Å². The number of ether oxygens (including phenoxy) is 1. The van der Waals surface area contributed by atoms with Gasteiger partial charge in [0, 0.05) is 10.7 Å². The largest absolute Gasteiger partial charge is 0.421 e. The second-order valence-electron chi connectivity index (χ2n) is 7.14. The summed E-state index contributed by atoms with van der Waals surface area (Å²) in [6.07, 6.45) is 0. The van der Waals surface area contributed by atoms with Gasteiger partial charge in [-0.3, -0.25) is 9.59 Å². The van der Waals surface area contributed by atoms with Crippen LogP contribution in [0.1, 0.15) is 15.9 Å². The van der Waals surface area contributed by atoms with Gasteiger partial charge in [0.1, 0.15) is 16.5 Å². The number of amides is 2. The lowest BCUT2D eigenvalue weighted by Crippen LogP contribution is -2.32. The summed E-state index contributed by atoms with van der Waals surface area (Å²) in [6.45, 7) is 1.86. The van der Waals surface area contributed by atoms with Crippen LogP contribution in [0, 0.1) is 6.92 Å². The van der Waals surface area contributed by atoms with E-state index in [1.54, 1.807) is 36.4 Å². The molecule has 0 spiro atoms. The van der Waals surface area contributed by atoms with Crippen molar-refractivity contribution in [1.82, 2.24) is 0 Å². The lowest BCUT2D eigenvalue weighted by molar-refractivity contribution is -0.120. The molecule has 3 aromatic rings. The molecule has 0 saturated heterocycles. The SMILES string of the molecule is Cc1cccc(N2C(=O)C(Cl)=C(Nc3ccc(C(=O)Oc4ccc(Cl)cc4Cl)cc3)C2=O)c1. The van der Waals surface area contributed by atoms with Crippen LogP contribution in [0.15, 0.2) is 77.5 Å². The molecule has 1 heterocycles. The van der Waals surface area contributed by atoms with E-state index < -0.39 is 17.8 Å². The molecular formula is C24H15Cl3N2O4. The fraction of sp³-hybridized carbons (Fsp3) is 0.0417. The van der Waals surface area contributed by atoms with E-state index in [0.717, 1.165) is 10.5 Å². The van der Waals surface area contributed by atoms with Crippen LogP contribution in [0.5, 0.6) is 5.75 Å². The number of nitrogens with one attached hydrogen (secondary N) is 1. The van der Waals surface area contributed by atoms with Crippen molar-refractivity contribution in [3.63, 3.8) is 0 Å². The lowest BCUT2D eigenvalue weighted by Gasteiger charge is -2.15. The highest BCUT2D eigenvalue weighted by molar-refractivity contribution is 6.53. The van der Waals surface area contributed by atoms with Crippen LogP contribution < -0.4 is 15.0 Å². The number of carbonyl (C=O) groups is 3. The smallest absolute Gasteiger partial charge is 0.343 e. The molecule has 3 aromatic carbocycles. The van der Waals surface area contributed by atoms with E-state index in [1.165, 1.54) is 24.3 Å². The number of halogens is 3.